The van der Waals surface area contributed by atoms with Crippen LogP contribution in [0.5, 0.6) is 0 Å². The van der Waals surface area contributed by atoms with E-state index in [2.05, 4.69) is 5.32 Å². The molecule has 0 aliphatic rings. The molecule has 0 aliphatic carbocycles. The Morgan fingerprint density at radius 2 is 1.83 bits per heavy atom. The van der Waals surface area contributed by atoms with Gasteiger partial charge in [0.2, 0.25) is 5.91 Å². The Morgan fingerprint density at radius 1 is 1.08 bits per heavy atom. The molecule has 1 aromatic heterocycles. The van der Waals surface area contributed by atoms with Gasteiger partial charge in [-0.05, 0) is 35.6 Å². The predicted molar refractivity (Wildman–Crippen MR) is 95.6 cm³/mol. The van der Waals surface area contributed by atoms with E-state index in [1.54, 1.807) is 29.5 Å². The predicted octanol–water partition coefficient (Wildman–Crippen LogP) is 4.64. The number of benzene rings is 2. The molecule has 0 spiro atoms. The van der Waals surface area contributed by atoms with Gasteiger partial charge in [0.15, 0.2) is 0 Å². The highest BCUT2D eigenvalue weighted by Gasteiger charge is 2.18. The van der Waals surface area contributed by atoms with E-state index >= 15 is 0 Å². The molecular weight excluding hydrogens is 321 g/mol. The number of hydrogen-bond acceptors (Lipinski definition) is 2. The topological polar surface area (TPSA) is 29.1 Å². The third kappa shape index (κ3) is 3.89. The maximum Gasteiger partial charge on any atom is 0.225 e. The lowest BCUT2D eigenvalue weighted by atomic mass is 10.0. The number of hydrogen-bond donors (Lipinski definition) is 1. The molecule has 0 radical (unpaired) electrons. The lowest BCUT2D eigenvalue weighted by molar-refractivity contribution is -0.121. The highest BCUT2D eigenvalue weighted by atomic mass is 32.1. The van der Waals surface area contributed by atoms with Crippen molar-refractivity contribution in [2.75, 3.05) is 0 Å². The standard InChI is InChI=1S/C20H18FNOS/c1-14-8-10-15(11-9-14)20(18-7-4-12-24-18)22-19(23)13-16-5-2-3-6-17(16)21/h2-12,20H,13H2,1H3,(H,22,23)/t20-/m0/s1. The Balaban J connectivity index is 1.81. The van der Waals surface area contributed by atoms with Crippen LogP contribution in [-0.4, -0.2) is 5.91 Å². The summed E-state index contributed by atoms with van der Waals surface area (Å²) in [5.74, 6) is -0.547. The van der Waals surface area contributed by atoms with Gasteiger partial charge in [0.05, 0.1) is 12.5 Å². The maximum atomic E-state index is 13.8. The molecule has 0 unspecified atom stereocenters. The molecule has 0 saturated carbocycles. The average molecular weight is 339 g/mol. The van der Waals surface area contributed by atoms with Gasteiger partial charge in [0.25, 0.3) is 0 Å². The summed E-state index contributed by atoms with van der Waals surface area (Å²) in [6, 6.07) is 18.2. The van der Waals surface area contributed by atoms with Crippen molar-refractivity contribution in [1.29, 1.82) is 0 Å². The lowest BCUT2D eigenvalue weighted by Crippen LogP contribution is -2.30. The second-order valence-corrected chi connectivity index (χ2v) is 6.67. The first-order chi connectivity index (χ1) is 11.6. The van der Waals surface area contributed by atoms with Crippen LogP contribution in [0.3, 0.4) is 0 Å². The minimum Gasteiger partial charge on any atom is -0.344 e. The summed E-state index contributed by atoms with van der Waals surface area (Å²) in [4.78, 5) is 13.5. The number of carbonyl (C=O) groups is 1. The van der Waals surface area contributed by atoms with Crippen molar-refractivity contribution < 1.29 is 9.18 Å². The fourth-order valence-electron chi connectivity index (χ4n) is 2.56. The first kappa shape index (κ1) is 16.4. The zero-order chi connectivity index (χ0) is 16.9. The number of nitrogens with one attached hydrogen (secondary N) is 1. The van der Waals surface area contributed by atoms with Gasteiger partial charge in [0.1, 0.15) is 5.82 Å². The first-order valence-corrected chi connectivity index (χ1v) is 8.64. The second kappa shape index (κ2) is 7.41. The van der Waals surface area contributed by atoms with Crippen LogP contribution < -0.4 is 5.32 Å². The van der Waals surface area contributed by atoms with E-state index < -0.39 is 0 Å². The van der Waals surface area contributed by atoms with Crippen molar-refractivity contribution in [3.63, 3.8) is 0 Å². The lowest BCUT2D eigenvalue weighted by Gasteiger charge is -2.18. The minimum atomic E-state index is -0.351. The Kier molecular flexibility index (Phi) is 5.06. The van der Waals surface area contributed by atoms with Gasteiger partial charge in [-0.3, -0.25) is 4.79 Å². The van der Waals surface area contributed by atoms with Crippen molar-refractivity contribution >= 4 is 17.2 Å². The summed E-state index contributed by atoms with van der Waals surface area (Å²) in [5, 5.41) is 5.02. The SMILES string of the molecule is Cc1ccc([C@H](NC(=O)Cc2ccccc2F)c2cccs2)cc1. The normalized spacial score (nSPS) is 11.9. The van der Waals surface area contributed by atoms with Gasteiger partial charge >= 0.3 is 0 Å². The van der Waals surface area contributed by atoms with E-state index in [9.17, 15) is 9.18 Å². The third-order valence-corrected chi connectivity index (χ3v) is 4.79. The third-order valence-electron chi connectivity index (χ3n) is 3.85. The summed E-state index contributed by atoms with van der Waals surface area (Å²) in [6.45, 7) is 2.03. The number of rotatable bonds is 5. The Labute approximate surface area is 145 Å². The van der Waals surface area contributed by atoms with E-state index in [0.29, 0.717) is 5.56 Å². The molecule has 3 rings (SSSR count). The Hall–Kier alpha value is -2.46. The molecule has 0 bridgehead atoms. The van der Waals surface area contributed by atoms with Gasteiger partial charge in [-0.25, -0.2) is 4.39 Å². The fraction of sp³-hybridized carbons (Fsp3) is 0.150. The summed E-state index contributed by atoms with van der Waals surface area (Å²) in [7, 11) is 0. The molecule has 2 nitrogen and oxygen atoms in total. The van der Waals surface area contributed by atoms with Crippen LogP contribution in [0.25, 0.3) is 0 Å². The molecule has 122 valence electrons. The molecule has 24 heavy (non-hydrogen) atoms. The minimum absolute atomic E-state index is 0.0282. The van der Waals surface area contributed by atoms with Crippen molar-refractivity contribution in [2.24, 2.45) is 0 Å². The van der Waals surface area contributed by atoms with E-state index in [4.69, 9.17) is 0 Å². The Bertz CT molecular complexity index is 812. The number of halogens is 1. The molecule has 1 amide bonds. The number of aryl methyl sites for hydroxylation is 1. The van der Waals surface area contributed by atoms with Gasteiger partial charge in [-0.15, -0.1) is 11.3 Å². The molecule has 4 heteroatoms. The smallest absolute Gasteiger partial charge is 0.225 e. The van der Waals surface area contributed by atoms with Crippen molar-refractivity contribution in [3.8, 4) is 0 Å². The van der Waals surface area contributed by atoms with Crippen molar-refractivity contribution in [2.45, 2.75) is 19.4 Å². The molecule has 1 N–H and O–H groups in total. The van der Waals surface area contributed by atoms with Crippen LogP contribution in [-0.2, 0) is 11.2 Å². The Morgan fingerprint density at radius 3 is 2.50 bits per heavy atom. The van der Waals surface area contributed by atoms with Gasteiger partial charge in [0, 0.05) is 4.88 Å². The fourth-order valence-corrected chi connectivity index (χ4v) is 3.36. The molecule has 0 aliphatic heterocycles. The van der Waals surface area contributed by atoms with E-state index in [1.165, 1.54) is 11.6 Å². The van der Waals surface area contributed by atoms with Crippen LogP contribution >= 0.6 is 11.3 Å². The molecule has 0 fully saturated rings. The quantitative estimate of drug-likeness (QED) is 0.720. The van der Waals surface area contributed by atoms with Gasteiger partial charge in [-0.2, -0.15) is 0 Å². The zero-order valence-electron chi connectivity index (χ0n) is 13.3. The van der Waals surface area contributed by atoms with Gasteiger partial charge < -0.3 is 5.32 Å². The van der Waals surface area contributed by atoms with Crippen LogP contribution in [0.1, 0.15) is 27.6 Å². The van der Waals surface area contributed by atoms with E-state index in [-0.39, 0.29) is 24.2 Å². The largest absolute Gasteiger partial charge is 0.344 e. The summed E-state index contributed by atoms with van der Waals surface area (Å²) in [5.41, 5.74) is 2.59. The number of carbonyl (C=O) groups excluding carboxylic acids is 1. The maximum absolute atomic E-state index is 13.8. The van der Waals surface area contributed by atoms with Gasteiger partial charge in [-0.1, -0.05) is 54.1 Å². The molecule has 0 saturated heterocycles. The average Bonchev–Trinajstić information content (AvgIpc) is 3.10. The number of thiophene rings is 1. The summed E-state index contributed by atoms with van der Waals surface area (Å²) >= 11 is 1.59. The summed E-state index contributed by atoms with van der Waals surface area (Å²) in [6.07, 6.45) is 0.0282. The second-order valence-electron chi connectivity index (χ2n) is 5.69. The van der Waals surface area contributed by atoms with Crippen LogP contribution in [0.15, 0.2) is 66.0 Å². The monoisotopic (exact) mass is 339 g/mol. The number of amides is 1. The van der Waals surface area contributed by atoms with Crippen LogP contribution in [0, 0.1) is 12.7 Å². The molecule has 3 aromatic rings. The first-order valence-electron chi connectivity index (χ1n) is 7.76. The molecule has 1 atom stereocenters. The zero-order valence-corrected chi connectivity index (χ0v) is 14.1. The van der Waals surface area contributed by atoms with Crippen LogP contribution in [0.2, 0.25) is 0 Å². The highest BCUT2D eigenvalue weighted by molar-refractivity contribution is 7.10. The molecular formula is C20H18FNOS. The van der Waals surface area contributed by atoms with Crippen molar-refractivity contribution in [1.82, 2.24) is 5.32 Å². The van der Waals surface area contributed by atoms with Crippen LogP contribution in [0.4, 0.5) is 4.39 Å². The molecule has 2 aromatic carbocycles. The van der Waals surface area contributed by atoms with E-state index in [0.717, 1.165) is 10.4 Å². The highest BCUT2D eigenvalue weighted by Crippen LogP contribution is 2.26. The van der Waals surface area contributed by atoms with Crippen molar-refractivity contribution in [3.05, 3.63) is 93.4 Å². The molecule has 1 heterocycles. The van der Waals surface area contributed by atoms with E-state index in [1.807, 2.05) is 48.7 Å². The summed E-state index contributed by atoms with van der Waals surface area (Å²) < 4.78 is 13.8.